The van der Waals surface area contributed by atoms with Crippen LogP contribution < -0.4 is 10.9 Å². The molecule has 0 aliphatic rings. The molecule has 2 heterocycles. The topological polar surface area (TPSA) is 90.0 Å². The molecule has 0 spiro atoms. The van der Waals surface area contributed by atoms with Crippen LogP contribution in [0.15, 0.2) is 58.1 Å². The van der Waals surface area contributed by atoms with Crippen LogP contribution in [0.25, 0.3) is 22.4 Å². The van der Waals surface area contributed by atoms with E-state index in [2.05, 4.69) is 15.5 Å². The Labute approximate surface area is 166 Å². The highest BCUT2D eigenvalue weighted by atomic mass is 35.5. The third-order valence-electron chi connectivity index (χ3n) is 4.11. The molecule has 1 amide bonds. The predicted molar refractivity (Wildman–Crippen MR) is 101 cm³/mol. The molecule has 1 N–H and O–H groups in total. The maximum Gasteiger partial charge on any atom is 0.267 e. The molecule has 0 aliphatic heterocycles. The first kappa shape index (κ1) is 18.8. The number of carbonyl (C=O) groups is 1. The van der Waals surface area contributed by atoms with E-state index >= 15 is 0 Å². The minimum absolute atomic E-state index is 0.00401. The van der Waals surface area contributed by atoms with Crippen LogP contribution in [0.1, 0.15) is 0 Å². The van der Waals surface area contributed by atoms with E-state index in [1.54, 1.807) is 6.07 Å². The van der Waals surface area contributed by atoms with Crippen molar-refractivity contribution in [2.24, 2.45) is 0 Å². The molecule has 0 saturated carbocycles. The lowest BCUT2D eigenvalue weighted by Gasteiger charge is -2.08. The number of nitrogens with one attached hydrogen (secondary N) is 1. The molecule has 4 aromatic rings. The van der Waals surface area contributed by atoms with Gasteiger partial charge in [0.25, 0.3) is 11.3 Å². The van der Waals surface area contributed by atoms with E-state index in [1.807, 2.05) is 0 Å². The van der Waals surface area contributed by atoms with Gasteiger partial charge in [0, 0.05) is 11.3 Å². The number of benzene rings is 2. The Morgan fingerprint density at radius 2 is 1.97 bits per heavy atom. The lowest BCUT2D eigenvalue weighted by Crippen LogP contribution is -2.27. The molecule has 0 saturated heterocycles. The van der Waals surface area contributed by atoms with Gasteiger partial charge in [-0.3, -0.25) is 14.2 Å². The number of hydrogen-bond donors (Lipinski definition) is 1. The van der Waals surface area contributed by atoms with E-state index in [9.17, 15) is 18.4 Å². The molecule has 10 heteroatoms. The van der Waals surface area contributed by atoms with Gasteiger partial charge in [-0.15, -0.1) is 0 Å². The number of amides is 1. The first-order chi connectivity index (χ1) is 13.9. The van der Waals surface area contributed by atoms with Crippen molar-refractivity contribution >= 4 is 34.3 Å². The van der Waals surface area contributed by atoms with Crippen LogP contribution in [0.5, 0.6) is 0 Å². The molecule has 0 radical (unpaired) electrons. The van der Waals surface area contributed by atoms with Crippen LogP contribution in [0.2, 0.25) is 5.02 Å². The Kier molecular flexibility index (Phi) is 4.81. The second-order valence-electron chi connectivity index (χ2n) is 6.05. The standard InChI is InChI=1S/C19H11ClF2N4O3/c20-12-7-10(5-6-14(12)22)24-15(27)8-26-9-23-18-16(19(26)28)17(25-29-18)11-3-1-2-4-13(11)21/h1-7,9H,8H2,(H,24,27). The number of halogens is 3. The van der Waals surface area contributed by atoms with Gasteiger partial charge >= 0.3 is 0 Å². The van der Waals surface area contributed by atoms with E-state index in [1.165, 1.54) is 30.3 Å². The average Bonchev–Trinajstić information content (AvgIpc) is 3.12. The van der Waals surface area contributed by atoms with E-state index in [-0.39, 0.29) is 33.1 Å². The van der Waals surface area contributed by atoms with Gasteiger partial charge in [0.05, 0.1) is 5.02 Å². The number of rotatable bonds is 4. The Bertz CT molecular complexity index is 1300. The minimum atomic E-state index is -0.623. The maximum atomic E-state index is 14.1. The monoisotopic (exact) mass is 416 g/mol. The van der Waals surface area contributed by atoms with E-state index in [4.69, 9.17) is 16.1 Å². The zero-order valence-electron chi connectivity index (χ0n) is 14.5. The first-order valence-electron chi connectivity index (χ1n) is 8.28. The van der Waals surface area contributed by atoms with Crippen molar-refractivity contribution in [2.75, 3.05) is 5.32 Å². The summed E-state index contributed by atoms with van der Waals surface area (Å²) in [5.74, 6) is -1.77. The minimum Gasteiger partial charge on any atom is -0.335 e. The van der Waals surface area contributed by atoms with E-state index in [0.29, 0.717) is 0 Å². The van der Waals surface area contributed by atoms with Crippen molar-refractivity contribution in [1.29, 1.82) is 0 Å². The lowest BCUT2D eigenvalue weighted by molar-refractivity contribution is -0.116. The van der Waals surface area contributed by atoms with Crippen LogP contribution in [-0.4, -0.2) is 20.6 Å². The van der Waals surface area contributed by atoms with Gasteiger partial charge in [-0.2, -0.15) is 0 Å². The van der Waals surface area contributed by atoms with Crippen LogP contribution in [0.4, 0.5) is 14.5 Å². The van der Waals surface area contributed by atoms with Crippen LogP contribution in [-0.2, 0) is 11.3 Å². The highest BCUT2D eigenvalue weighted by molar-refractivity contribution is 6.31. The molecule has 4 rings (SSSR count). The van der Waals surface area contributed by atoms with Crippen LogP contribution in [0, 0.1) is 11.6 Å². The summed E-state index contributed by atoms with van der Waals surface area (Å²) in [6.45, 7) is -0.390. The SMILES string of the molecule is O=C(Cn1cnc2onc(-c3ccccc3F)c2c1=O)Nc1ccc(F)c(Cl)c1. The second-order valence-corrected chi connectivity index (χ2v) is 6.45. The number of nitrogens with zero attached hydrogens (tertiary/aromatic N) is 3. The van der Waals surface area contributed by atoms with Crippen molar-refractivity contribution in [3.05, 3.63) is 75.8 Å². The number of aromatic nitrogens is 3. The number of fused-ring (bicyclic) bond motifs is 1. The molecule has 0 aliphatic carbocycles. The summed E-state index contributed by atoms with van der Waals surface area (Å²) in [7, 11) is 0. The molecule has 2 aromatic heterocycles. The molecule has 0 unspecified atom stereocenters. The van der Waals surface area contributed by atoms with Gasteiger partial charge in [-0.25, -0.2) is 13.8 Å². The molecule has 0 atom stereocenters. The van der Waals surface area contributed by atoms with Gasteiger partial charge in [0.15, 0.2) is 0 Å². The summed E-state index contributed by atoms with van der Waals surface area (Å²) in [4.78, 5) is 29.1. The van der Waals surface area contributed by atoms with Crippen molar-refractivity contribution in [1.82, 2.24) is 14.7 Å². The zero-order valence-corrected chi connectivity index (χ0v) is 15.3. The Balaban J connectivity index is 1.66. The number of anilines is 1. The first-order valence-corrected chi connectivity index (χ1v) is 8.66. The lowest BCUT2D eigenvalue weighted by atomic mass is 10.1. The summed E-state index contributed by atoms with van der Waals surface area (Å²) in [5, 5.41) is 6.06. The molecule has 146 valence electrons. The Morgan fingerprint density at radius 3 is 2.72 bits per heavy atom. The van der Waals surface area contributed by atoms with Crippen LogP contribution >= 0.6 is 11.6 Å². The van der Waals surface area contributed by atoms with Crippen molar-refractivity contribution in [3.63, 3.8) is 0 Å². The number of hydrogen-bond acceptors (Lipinski definition) is 5. The highest BCUT2D eigenvalue weighted by Gasteiger charge is 2.20. The summed E-state index contributed by atoms with van der Waals surface area (Å²) in [6, 6.07) is 9.46. The van der Waals surface area contributed by atoms with E-state index < -0.39 is 29.6 Å². The summed E-state index contributed by atoms with van der Waals surface area (Å²) >= 11 is 5.68. The zero-order chi connectivity index (χ0) is 20.5. The molecule has 0 bridgehead atoms. The summed E-state index contributed by atoms with van der Waals surface area (Å²) < 4.78 is 33.4. The fourth-order valence-corrected chi connectivity index (χ4v) is 2.94. The van der Waals surface area contributed by atoms with Gasteiger partial charge in [0.1, 0.15) is 35.6 Å². The third kappa shape index (κ3) is 3.59. The van der Waals surface area contributed by atoms with Gasteiger partial charge < -0.3 is 9.84 Å². The van der Waals surface area contributed by atoms with Crippen molar-refractivity contribution in [2.45, 2.75) is 6.54 Å². The normalized spacial score (nSPS) is 11.0. The average molecular weight is 417 g/mol. The van der Waals surface area contributed by atoms with Gasteiger partial charge in [0.2, 0.25) is 5.91 Å². The van der Waals surface area contributed by atoms with Gasteiger partial charge in [-0.1, -0.05) is 28.9 Å². The fourth-order valence-electron chi connectivity index (χ4n) is 2.76. The highest BCUT2D eigenvalue weighted by Crippen LogP contribution is 2.26. The number of carbonyl (C=O) groups excluding carboxylic acids is 1. The summed E-state index contributed by atoms with van der Waals surface area (Å²) in [6.07, 6.45) is 1.12. The molecule has 0 fully saturated rings. The van der Waals surface area contributed by atoms with E-state index in [0.717, 1.165) is 17.0 Å². The molecular weight excluding hydrogens is 406 g/mol. The fraction of sp³-hybridized carbons (Fsp3) is 0.0526. The van der Waals surface area contributed by atoms with Crippen molar-refractivity contribution in [3.8, 4) is 11.3 Å². The largest absolute Gasteiger partial charge is 0.335 e. The quantitative estimate of drug-likeness (QED) is 0.548. The second kappa shape index (κ2) is 7.44. The molecule has 2 aromatic carbocycles. The Hall–Kier alpha value is -3.59. The van der Waals surface area contributed by atoms with Crippen molar-refractivity contribution < 1.29 is 18.1 Å². The Morgan fingerprint density at radius 1 is 1.17 bits per heavy atom. The molecular formula is C19H11ClF2N4O3. The molecule has 7 nitrogen and oxygen atoms in total. The van der Waals surface area contributed by atoms with Crippen LogP contribution in [0.3, 0.4) is 0 Å². The predicted octanol–water partition coefficient (Wildman–Crippen LogP) is 3.62. The smallest absolute Gasteiger partial charge is 0.267 e. The summed E-state index contributed by atoms with van der Waals surface area (Å²) in [5.41, 5.74) is -0.360. The van der Waals surface area contributed by atoms with Gasteiger partial charge in [-0.05, 0) is 30.3 Å². The molecule has 29 heavy (non-hydrogen) atoms. The third-order valence-corrected chi connectivity index (χ3v) is 4.40. The maximum absolute atomic E-state index is 14.1.